The van der Waals surface area contributed by atoms with E-state index in [1.165, 1.54) is 60.2 Å². The Morgan fingerprint density at radius 1 is 0.623 bits per heavy atom. The van der Waals surface area contributed by atoms with E-state index in [9.17, 15) is 49.2 Å². The Kier molecular flexibility index (Phi) is 16.0. The van der Waals surface area contributed by atoms with E-state index in [2.05, 4.69) is 30.6 Å². The van der Waals surface area contributed by atoms with Gasteiger partial charge in [0.05, 0.1) is 22.6 Å². The van der Waals surface area contributed by atoms with Crippen molar-refractivity contribution in [1.29, 1.82) is 0 Å². The molecule has 3 aromatic heterocycles. The minimum absolute atomic E-state index is 0.0356. The molecule has 3 aliphatic heterocycles. The third-order valence-electron chi connectivity index (χ3n) is 10.3. The Hall–Kier alpha value is -5.60. The number of aromatic carboxylic acids is 3. The van der Waals surface area contributed by atoms with Gasteiger partial charge >= 0.3 is 39.3 Å². The van der Waals surface area contributed by atoms with Crippen LogP contribution in [0.2, 0.25) is 0 Å². The summed E-state index contributed by atoms with van der Waals surface area (Å²) in [6, 6.07) is 6.39. The van der Waals surface area contributed by atoms with E-state index in [0.29, 0.717) is 58.6 Å². The average molecular weight is 1060 g/mol. The molecule has 9 rings (SSSR count). The number of rotatable bonds is 10. The summed E-state index contributed by atoms with van der Waals surface area (Å²) in [6.07, 6.45) is 0.943. The zero-order valence-electron chi connectivity index (χ0n) is 36.2. The molecular formula is C37H37B3FN9O13S6. The molecule has 69 heavy (non-hydrogen) atoms. The monoisotopic (exact) mass is 1060 g/mol. The number of carboxylic acid groups (broad SMARTS) is 3. The lowest BCUT2D eigenvalue weighted by Gasteiger charge is -2.29. The first kappa shape index (κ1) is 51.3. The predicted octanol–water partition coefficient (Wildman–Crippen LogP) is 3.87. The normalized spacial score (nSPS) is 16.8. The van der Waals surface area contributed by atoms with E-state index in [0.717, 1.165) is 34.7 Å². The maximum Gasteiger partial charge on any atom is 0.537 e. The summed E-state index contributed by atoms with van der Waals surface area (Å²) in [5.74, 6) is -3.15. The number of hydrogen-bond acceptors (Lipinski definition) is 25. The average Bonchev–Trinajstić information content (AvgIpc) is 4.01. The molecule has 0 unspecified atom stereocenters. The van der Waals surface area contributed by atoms with Crippen molar-refractivity contribution in [3.8, 4) is 23.0 Å². The van der Waals surface area contributed by atoms with Crippen molar-refractivity contribution in [2.24, 2.45) is 0 Å². The molecule has 0 bridgehead atoms. The van der Waals surface area contributed by atoms with Gasteiger partial charge < -0.3 is 66.3 Å². The van der Waals surface area contributed by atoms with Gasteiger partial charge in [0.25, 0.3) is 0 Å². The van der Waals surface area contributed by atoms with E-state index in [-0.39, 0.29) is 66.9 Å². The SMILES string of the molecule is COc1cc(C)c(C(=O)O)c2c1C[C@H](Sc1nnc(N)s1)B(O)O2.Cc1cc(F)c2c(c1C(=O)O)OB(O)[C@@H](Sc1nnc(N)s1)C2.Cc1ccc2c(c1C(=O)O)OB(O)[C@@H](Sc1nnc(N)s1)C2. The first-order valence-electron chi connectivity index (χ1n) is 19.9. The van der Waals surface area contributed by atoms with Gasteiger partial charge in [0.2, 0.25) is 15.4 Å². The highest BCUT2D eigenvalue weighted by Gasteiger charge is 2.42. The largest absolute Gasteiger partial charge is 0.537 e. The summed E-state index contributed by atoms with van der Waals surface area (Å²) < 4.78 is 37.7. The van der Waals surface area contributed by atoms with E-state index in [4.69, 9.17) is 35.9 Å². The van der Waals surface area contributed by atoms with Crippen LogP contribution >= 0.6 is 69.3 Å². The first-order chi connectivity index (χ1) is 32.7. The number of halogens is 1. The third-order valence-corrected chi connectivity index (χ3v) is 16.5. The van der Waals surface area contributed by atoms with Crippen molar-refractivity contribution in [3.63, 3.8) is 0 Å². The summed E-state index contributed by atoms with van der Waals surface area (Å²) >= 11 is 7.35. The van der Waals surface area contributed by atoms with Gasteiger partial charge in [-0.05, 0) is 74.4 Å². The molecule has 3 aliphatic rings. The molecule has 0 saturated carbocycles. The molecule has 6 heterocycles. The predicted molar refractivity (Wildman–Crippen MR) is 260 cm³/mol. The molecule has 0 aliphatic carbocycles. The summed E-state index contributed by atoms with van der Waals surface area (Å²) in [4.78, 5) is 34.3. The fourth-order valence-electron chi connectivity index (χ4n) is 7.23. The Morgan fingerprint density at radius 3 is 1.43 bits per heavy atom. The smallest absolute Gasteiger partial charge is 0.535 e. The number of carboxylic acids is 3. The molecule has 6 aromatic rings. The van der Waals surface area contributed by atoms with Gasteiger partial charge in [0.15, 0.2) is 13.0 Å². The van der Waals surface area contributed by atoms with Gasteiger partial charge in [-0.3, -0.25) is 0 Å². The Labute approximate surface area is 416 Å². The van der Waals surface area contributed by atoms with E-state index in [1.807, 2.05) is 6.07 Å². The molecule has 22 nitrogen and oxygen atoms in total. The van der Waals surface area contributed by atoms with Gasteiger partial charge in [-0.25, -0.2) is 18.8 Å². The van der Waals surface area contributed by atoms with Crippen molar-refractivity contribution in [2.45, 2.75) is 68.5 Å². The number of fused-ring (bicyclic) bond motifs is 3. The number of carbonyl (C=O) groups is 3. The number of nitrogens with two attached hydrogens (primary N) is 3. The van der Waals surface area contributed by atoms with Crippen molar-refractivity contribution in [1.82, 2.24) is 30.6 Å². The zero-order valence-corrected chi connectivity index (χ0v) is 41.1. The molecule has 0 saturated heterocycles. The molecule has 0 fully saturated rings. The molecule has 3 aromatic carbocycles. The van der Waals surface area contributed by atoms with Crippen LogP contribution < -0.4 is 35.9 Å². The lowest BCUT2D eigenvalue weighted by Crippen LogP contribution is -2.41. The second kappa shape index (κ2) is 21.6. The number of aryl methyl sites for hydroxylation is 3. The number of anilines is 3. The maximum absolute atomic E-state index is 14.2. The van der Waals surface area contributed by atoms with Crippen molar-refractivity contribution < 1.29 is 67.9 Å². The Bertz CT molecular complexity index is 2940. The third kappa shape index (κ3) is 11.6. The van der Waals surface area contributed by atoms with Crippen LogP contribution in [-0.2, 0) is 19.3 Å². The number of thioether (sulfide) groups is 3. The second-order valence-electron chi connectivity index (χ2n) is 14.9. The summed E-state index contributed by atoms with van der Waals surface area (Å²) in [5.41, 5.74) is 19.4. The molecule has 360 valence electrons. The molecule has 3 atom stereocenters. The number of aromatic nitrogens is 6. The van der Waals surface area contributed by atoms with Crippen LogP contribution in [-0.4, -0.2) is 123 Å². The minimum Gasteiger partial charge on any atom is -0.535 e. The molecule has 0 spiro atoms. The lowest BCUT2D eigenvalue weighted by molar-refractivity contribution is 0.0681. The van der Waals surface area contributed by atoms with Crippen LogP contribution in [0.1, 0.15) is 64.5 Å². The second-order valence-corrected chi connectivity index (χ2v) is 22.4. The molecule has 0 radical (unpaired) electrons. The Balaban J connectivity index is 0.000000153. The quantitative estimate of drug-likeness (QED) is 0.0879. The number of benzene rings is 3. The standard InChI is InChI=1S/C13H14BN3O5S2.C12H11BFN3O4S2.C12H12BN3O4S2/c1-5-3-7(21-2)6-4-8(23-13-17-16-12(15)24-13)14(20)22-10(6)9(5)11(18)19;1-4-2-6(14)5-3-7(22-12-17-16-11(15)23-12)13(20)21-9(5)8(4)10(18)19;1-5-2-3-6-4-7(21-12-16-15-11(14)22-12)13(19)20-9(6)8(5)10(17)18/h3,8,20H,4H2,1-2H3,(H2,15,16)(H,18,19);2,7,20H,3H2,1H3,(H2,15,16)(H,18,19);2-3,7,19H,4H2,1H3,(H2,14,15)(H,17,18)/t8-;2*7-/m000/s1. The number of methoxy groups -OCH3 is 1. The van der Waals surface area contributed by atoms with Gasteiger partial charge in [-0.1, -0.05) is 81.4 Å². The van der Waals surface area contributed by atoms with E-state index in [1.54, 1.807) is 26.0 Å². The first-order valence-corrected chi connectivity index (χ1v) is 25.0. The summed E-state index contributed by atoms with van der Waals surface area (Å²) in [7, 11) is -2.09. The summed E-state index contributed by atoms with van der Waals surface area (Å²) in [5, 5.41) is 81.2. The van der Waals surface area contributed by atoms with Crippen molar-refractivity contribution in [3.05, 3.63) is 80.2 Å². The summed E-state index contributed by atoms with van der Waals surface area (Å²) in [6.45, 7) is 4.84. The molecule has 0 amide bonds. The number of ether oxygens (including phenoxy) is 1. The highest BCUT2D eigenvalue weighted by atomic mass is 32.2. The van der Waals surface area contributed by atoms with Crippen LogP contribution in [0.25, 0.3) is 0 Å². The van der Waals surface area contributed by atoms with Crippen LogP contribution in [0, 0.1) is 26.6 Å². The fraction of sp³-hybridized carbons (Fsp3) is 0.270. The molecule has 32 heteroatoms. The van der Waals surface area contributed by atoms with Crippen molar-refractivity contribution in [2.75, 3.05) is 24.3 Å². The van der Waals surface area contributed by atoms with Crippen LogP contribution in [0.5, 0.6) is 23.0 Å². The minimum atomic E-state index is -1.29. The molecule has 12 N–H and O–H groups in total. The number of hydrogen-bond donors (Lipinski definition) is 9. The van der Waals surface area contributed by atoms with Crippen LogP contribution in [0.3, 0.4) is 0 Å². The highest BCUT2D eigenvalue weighted by molar-refractivity contribution is 8.03. The van der Waals surface area contributed by atoms with Crippen LogP contribution in [0.4, 0.5) is 19.8 Å². The Morgan fingerprint density at radius 2 is 1.01 bits per heavy atom. The van der Waals surface area contributed by atoms with Gasteiger partial charge in [0.1, 0.15) is 45.5 Å². The lowest BCUT2D eigenvalue weighted by atomic mass is 9.76. The number of nitrogens with zero attached hydrogens (tertiary/aromatic N) is 6. The van der Waals surface area contributed by atoms with Crippen molar-refractivity contribution >= 4 is 124 Å². The topological polar surface area (TPSA) is 365 Å². The highest BCUT2D eigenvalue weighted by Crippen LogP contribution is 2.44. The maximum atomic E-state index is 14.2. The van der Waals surface area contributed by atoms with Gasteiger partial charge in [-0.15, -0.1) is 30.6 Å². The van der Waals surface area contributed by atoms with E-state index < -0.39 is 50.2 Å². The van der Waals surface area contributed by atoms with Gasteiger partial charge in [-0.2, -0.15) is 0 Å². The molecular weight excluding hydrogens is 1020 g/mol. The number of nitrogen functional groups attached to an aromatic ring is 3. The van der Waals surface area contributed by atoms with E-state index >= 15 is 0 Å². The fourth-order valence-corrected chi connectivity index (χ4v) is 13.0. The van der Waals surface area contributed by atoms with Gasteiger partial charge in [0, 0.05) is 11.1 Å². The zero-order chi connectivity index (χ0) is 50.0. The van der Waals surface area contributed by atoms with Crippen LogP contribution in [0.15, 0.2) is 37.3 Å².